The Morgan fingerprint density at radius 1 is 1.19 bits per heavy atom. The van der Waals surface area contributed by atoms with Crippen molar-refractivity contribution in [3.63, 3.8) is 0 Å². The number of ether oxygens (including phenoxy) is 1. The van der Waals surface area contributed by atoms with E-state index in [-0.39, 0.29) is 5.41 Å². The fraction of sp³-hybridized carbons (Fsp3) is 0.471. The van der Waals surface area contributed by atoms with Gasteiger partial charge in [0.05, 0.1) is 18.5 Å². The van der Waals surface area contributed by atoms with Crippen molar-refractivity contribution in [1.82, 2.24) is 15.1 Å². The van der Waals surface area contributed by atoms with Crippen molar-refractivity contribution in [3.05, 3.63) is 48.3 Å². The van der Waals surface area contributed by atoms with Crippen LogP contribution in [0.3, 0.4) is 0 Å². The number of benzene rings is 1. The second-order valence-electron chi connectivity index (χ2n) is 5.89. The van der Waals surface area contributed by atoms with Crippen LogP contribution in [0.4, 0.5) is 0 Å². The molecule has 114 valence electrons. The number of rotatable bonds is 8. The maximum absolute atomic E-state index is 5.04. The van der Waals surface area contributed by atoms with Gasteiger partial charge in [-0.15, -0.1) is 0 Å². The number of nitrogens with zero attached hydrogens (tertiary/aromatic N) is 2. The second kappa shape index (κ2) is 7.38. The van der Waals surface area contributed by atoms with E-state index in [4.69, 9.17) is 4.74 Å². The Morgan fingerprint density at radius 3 is 2.67 bits per heavy atom. The highest BCUT2D eigenvalue weighted by molar-refractivity contribution is 5.32. The molecule has 1 N–H and O–H groups in total. The highest BCUT2D eigenvalue weighted by Gasteiger charge is 2.22. The Balaban J connectivity index is 1.96. The van der Waals surface area contributed by atoms with Crippen LogP contribution in [0.5, 0.6) is 0 Å². The van der Waals surface area contributed by atoms with Gasteiger partial charge in [0.15, 0.2) is 0 Å². The third-order valence-electron chi connectivity index (χ3n) is 3.79. The molecule has 1 aromatic heterocycles. The van der Waals surface area contributed by atoms with Gasteiger partial charge in [-0.25, -0.2) is 4.68 Å². The van der Waals surface area contributed by atoms with Crippen molar-refractivity contribution >= 4 is 0 Å². The second-order valence-corrected chi connectivity index (χ2v) is 5.89. The summed E-state index contributed by atoms with van der Waals surface area (Å²) < 4.78 is 6.98. The maximum atomic E-state index is 5.04. The number of hydrogen-bond donors (Lipinski definition) is 1. The first kappa shape index (κ1) is 15.7. The zero-order chi connectivity index (χ0) is 15.1. The molecule has 0 fully saturated rings. The molecule has 1 aromatic carbocycles. The Kier molecular flexibility index (Phi) is 5.53. The van der Waals surface area contributed by atoms with E-state index in [0.29, 0.717) is 0 Å². The molecule has 0 amide bonds. The molecule has 0 radical (unpaired) electrons. The van der Waals surface area contributed by atoms with Gasteiger partial charge in [-0.3, -0.25) is 0 Å². The van der Waals surface area contributed by atoms with Gasteiger partial charge >= 0.3 is 0 Å². The van der Waals surface area contributed by atoms with E-state index in [9.17, 15) is 0 Å². The van der Waals surface area contributed by atoms with Gasteiger partial charge in [0.25, 0.3) is 0 Å². The number of para-hydroxylation sites is 1. The Hall–Kier alpha value is -1.65. The molecule has 2 rings (SSSR count). The summed E-state index contributed by atoms with van der Waals surface area (Å²) in [5.74, 6) is 0. The summed E-state index contributed by atoms with van der Waals surface area (Å²) in [4.78, 5) is 0. The predicted molar refractivity (Wildman–Crippen MR) is 86.0 cm³/mol. The molecule has 0 aliphatic heterocycles. The number of nitrogens with one attached hydrogen (secondary N) is 1. The summed E-state index contributed by atoms with van der Waals surface area (Å²) in [6.07, 6.45) is 5.17. The molecule has 0 saturated heterocycles. The number of hydrogen-bond acceptors (Lipinski definition) is 3. The summed E-state index contributed by atoms with van der Waals surface area (Å²) in [6, 6.07) is 10.2. The lowest BCUT2D eigenvalue weighted by Gasteiger charge is -2.23. The van der Waals surface area contributed by atoms with Crippen LogP contribution in [0, 0.1) is 0 Å². The van der Waals surface area contributed by atoms with Crippen molar-refractivity contribution in [2.75, 3.05) is 26.8 Å². The molecule has 2 aromatic rings. The zero-order valence-electron chi connectivity index (χ0n) is 13.2. The van der Waals surface area contributed by atoms with Crippen LogP contribution >= 0.6 is 0 Å². The molecule has 0 aliphatic carbocycles. The molecule has 0 saturated carbocycles. The van der Waals surface area contributed by atoms with Gasteiger partial charge in [0.2, 0.25) is 0 Å². The quantitative estimate of drug-likeness (QED) is 0.759. The van der Waals surface area contributed by atoms with Gasteiger partial charge in [-0.05, 0) is 36.1 Å². The first-order valence-corrected chi connectivity index (χ1v) is 7.44. The summed E-state index contributed by atoms with van der Waals surface area (Å²) >= 11 is 0. The molecule has 4 heteroatoms. The van der Waals surface area contributed by atoms with Crippen molar-refractivity contribution in [2.45, 2.75) is 25.7 Å². The SMILES string of the molecule is COCCNCCC(C)(C)c1cnn(-c2ccccc2)c1. The topological polar surface area (TPSA) is 39.1 Å². The van der Waals surface area contributed by atoms with E-state index in [1.54, 1.807) is 7.11 Å². The highest BCUT2D eigenvalue weighted by Crippen LogP contribution is 2.26. The molecule has 0 atom stereocenters. The Bertz CT molecular complexity index is 534. The minimum Gasteiger partial charge on any atom is -0.383 e. The van der Waals surface area contributed by atoms with Crippen LogP contribution in [0.1, 0.15) is 25.8 Å². The zero-order valence-corrected chi connectivity index (χ0v) is 13.2. The number of methoxy groups -OCH3 is 1. The molecule has 0 bridgehead atoms. The monoisotopic (exact) mass is 287 g/mol. The van der Waals surface area contributed by atoms with Gasteiger partial charge in [-0.2, -0.15) is 5.10 Å². The van der Waals surface area contributed by atoms with Crippen molar-refractivity contribution in [2.24, 2.45) is 0 Å². The predicted octanol–water partition coefficient (Wildman–Crippen LogP) is 2.78. The third kappa shape index (κ3) is 4.41. The van der Waals surface area contributed by atoms with Gasteiger partial charge in [-0.1, -0.05) is 32.0 Å². The maximum Gasteiger partial charge on any atom is 0.0645 e. The lowest BCUT2D eigenvalue weighted by molar-refractivity contribution is 0.198. The van der Waals surface area contributed by atoms with Gasteiger partial charge in [0.1, 0.15) is 0 Å². The minimum absolute atomic E-state index is 0.104. The number of aromatic nitrogens is 2. The van der Waals surface area contributed by atoms with Crippen LogP contribution < -0.4 is 5.32 Å². The van der Waals surface area contributed by atoms with Crippen LogP contribution in [0.2, 0.25) is 0 Å². The highest BCUT2D eigenvalue weighted by atomic mass is 16.5. The first-order valence-electron chi connectivity index (χ1n) is 7.44. The molecule has 0 aliphatic rings. The molecule has 0 spiro atoms. The lowest BCUT2D eigenvalue weighted by atomic mass is 9.83. The van der Waals surface area contributed by atoms with E-state index in [1.165, 1.54) is 5.56 Å². The smallest absolute Gasteiger partial charge is 0.0645 e. The van der Waals surface area contributed by atoms with Crippen LogP contribution in [0.25, 0.3) is 5.69 Å². The van der Waals surface area contributed by atoms with Crippen molar-refractivity contribution in [3.8, 4) is 5.69 Å². The van der Waals surface area contributed by atoms with Crippen LogP contribution in [-0.4, -0.2) is 36.6 Å². The standard InChI is InChI=1S/C17H25N3O/c1-17(2,9-10-18-11-12-21-3)15-13-19-20(14-15)16-7-5-4-6-8-16/h4-8,13-14,18H,9-12H2,1-3H3. The summed E-state index contributed by atoms with van der Waals surface area (Å²) in [7, 11) is 1.73. The Morgan fingerprint density at radius 2 is 1.95 bits per heavy atom. The fourth-order valence-corrected chi connectivity index (χ4v) is 2.24. The van der Waals surface area contributed by atoms with E-state index >= 15 is 0 Å². The van der Waals surface area contributed by atoms with E-state index in [1.807, 2.05) is 29.1 Å². The van der Waals surface area contributed by atoms with Gasteiger partial charge in [0, 0.05) is 19.9 Å². The third-order valence-corrected chi connectivity index (χ3v) is 3.79. The van der Waals surface area contributed by atoms with Crippen LogP contribution in [0.15, 0.2) is 42.7 Å². The first-order chi connectivity index (χ1) is 10.1. The Labute approximate surface area is 127 Å². The van der Waals surface area contributed by atoms with E-state index in [0.717, 1.165) is 31.8 Å². The molecule has 1 heterocycles. The average Bonchev–Trinajstić information content (AvgIpc) is 2.99. The largest absolute Gasteiger partial charge is 0.383 e. The van der Waals surface area contributed by atoms with E-state index < -0.39 is 0 Å². The fourth-order valence-electron chi connectivity index (χ4n) is 2.24. The van der Waals surface area contributed by atoms with Crippen molar-refractivity contribution < 1.29 is 4.74 Å². The lowest BCUT2D eigenvalue weighted by Crippen LogP contribution is -2.27. The van der Waals surface area contributed by atoms with E-state index in [2.05, 4.69) is 42.6 Å². The normalized spacial score (nSPS) is 11.8. The minimum atomic E-state index is 0.104. The molecule has 0 unspecified atom stereocenters. The summed E-state index contributed by atoms with van der Waals surface area (Å²) in [6.45, 7) is 7.16. The summed E-state index contributed by atoms with van der Waals surface area (Å²) in [5.41, 5.74) is 2.46. The molecule has 4 nitrogen and oxygen atoms in total. The van der Waals surface area contributed by atoms with Gasteiger partial charge < -0.3 is 10.1 Å². The summed E-state index contributed by atoms with van der Waals surface area (Å²) in [5, 5.41) is 7.89. The molecular weight excluding hydrogens is 262 g/mol. The molecular formula is C17H25N3O. The molecule has 21 heavy (non-hydrogen) atoms. The van der Waals surface area contributed by atoms with Crippen LogP contribution in [-0.2, 0) is 10.2 Å². The average molecular weight is 287 g/mol. The van der Waals surface area contributed by atoms with Crippen molar-refractivity contribution in [1.29, 1.82) is 0 Å².